The summed E-state index contributed by atoms with van der Waals surface area (Å²) in [5, 5.41) is 3.75. The molecule has 0 unspecified atom stereocenters. The van der Waals surface area contributed by atoms with Gasteiger partial charge < -0.3 is 9.26 Å². The van der Waals surface area contributed by atoms with Gasteiger partial charge in [-0.1, -0.05) is 47.1 Å². The summed E-state index contributed by atoms with van der Waals surface area (Å²) in [6.45, 7) is 3.76. The quantitative estimate of drug-likeness (QED) is 0.425. The van der Waals surface area contributed by atoms with Gasteiger partial charge in [0.05, 0.1) is 6.20 Å². The lowest BCUT2D eigenvalue weighted by atomic mass is 9.88. The Labute approximate surface area is 173 Å². The lowest BCUT2D eigenvalue weighted by molar-refractivity contribution is 0.394. The summed E-state index contributed by atoms with van der Waals surface area (Å²) >= 11 is 0. The van der Waals surface area contributed by atoms with Gasteiger partial charge in [0, 0.05) is 18.4 Å². The zero-order chi connectivity index (χ0) is 20.7. The number of rotatable bonds is 5. The van der Waals surface area contributed by atoms with Gasteiger partial charge in [-0.3, -0.25) is 0 Å². The van der Waals surface area contributed by atoms with Crippen molar-refractivity contribution < 1.29 is 13.7 Å². The third-order valence-corrected chi connectivity index (χ3v) is 5.57. The third-order valence-electron chi connectivity index (χ3n) is 5.57. The van der Waals surface area contributed by atoms with Crippen LogP contribution in [0.15, 0.2) is 65.3 Å². The molecular formula is C24H20FN3O2. The molecule has 5 nitrogen and oxygen atoms in total. The molecule has 30 heavy (non-hydrogen) atoms. The average molecular weight is 401 g/mol. The van der Waals surface area contributed by atoms with E-state index in [2.05, 4.69) is 58.4 Å². The zero-order valence-electron chi connectivity index (χ0n) is 16.7. The number of ether oxygens (including phenoxy) is 1. The molecule has 0 aliphatic heterocycles. The Morgan fingerprint density at radius 1 is 0.967 bits per heavy atom. The van der Waals surface area contributed by atoms with Crippen molar-refractivity contribution in [1.29, 1.82) is 0 Å². The van der Waals surface area contributed by atoms with Crippen molar-refractivity contribution in [2.45, 2.75) is 32.1 Å². The lowest BCUT2D eigenvalue weighted by Gasteiger charge is -2.17. The molecule has 0 N–H and O–H groups in total. The molecule has 1 aliphatic rings. The molecule has 0 atom stereocenters. The van der Waals surface area contributed by atoms with E-state index < -0.39 is 5.82 Å². The van der Waals surface area contributed by atoms with E-state index in [-0.39, 0.29) is 17.0 Å². The Morgan fingerprint density at radius 3 is 2.20 bits per heavy atom. The molecule has 0 saturated heterocycles. The van der Waals surface area contributed by atoms with Gasteiger partial charge in [-0.2, -0.15) is 4.98 Å². The molecule has 1 aliphatic carbocycles. The number of hydrogen-bond donors (Lipinski definition) is 0. The second kappa shape index (κ2) is 7.06. The highest BCUT2D eigenvalue weighted by Crippen LogP contribution is 2.53. The van der Waals surface area contributed by atoms with Crippen LogP contribution in [0, 0.1) is 19.7 Å². The van der Waals surface area contributed by atoms with Crippen LogP contribution >= 0.6 is 0 Å². The highest BCUT2D eigenvalue weighted by atomic mass is 19.1. The fourth-order valence-electron chi connectivity index (χ4n) is 3.73. The van der Waals surface area contributed by atoms with Crippen LogP contribution in [0.2, 0.25) is 0 Å². The van der Waals surface area contributed by atoms with Crippen LogP contribution in [0.5, 0.6) is 11.5 Å². The van der Waals surface area contributed by atoms with E-state index in [0.717, 1.165) is 12.8 Å². The first-order valence-electron chi connectivity index (χ1n) is 9.85. The van der Waals surface area contributed by atoms with E-state index in [1.54, 1.807) is 6.92 Å². The molecule has 2 aromatic carbocycles. The second-order valence-electron chi connectivity index (χ2n) is 7.71. The smallest absolute Gasteiger partial charge is 0.223 e. The molecular weight excluding hydrogens is 381 g/mol. The summed E-state index contributed by atoms with van der Waals surface area (Å²) in [4.78, 5) is 8.24. The molecule has 0 radical (unpaired) electrons. The van der Waals surface area contributed by atoms with E-state index in [1.807, 2.05) is 12.1 Å². The van der Waals surface area contributed by atoms with Gasteiger partial charge >= 0.3 is 0 Å². The summed E-state index contributed by atoms with van der Waals surface area (Å²) in [6.07, 6.45) is 3.59. The molecule has 4 aromatic rings. The Kier molecular flexibility index (Phi) is 4.35. The van der Waals surface area contributed by atoms with Crippen molar-refractivity contribution >= 4 is 0 Å². The molecule has 6 heteroatoms. The largest absolute Gasteiger partial charge is 0.453 e. The molecule has 150 valence electrons. The average Bonchev–Trinajstić information content (AvgIpc) is 3.45. The number of aryl methyl sites for hydroxylation is 2. The van der Waals surface area contributed by atoms with Gasteiger partial charge in [-0.25, -0.2) is 9.37 Å². The normalized spacial score (nSPS) is 14.5. The minimum atomic E-state index is -0.537. The first-order valence-corrected chi connectivity index (χ1v) is 9.85. The highest BCUT2D eigenvalue weighted by molar-refractivity contribution is 5.50. The molecule has 1 fully saturated rings. The second-order valence-corrected chi connectivity index (χ2v) is 7.71. The summed E-state index contributed by atoms with van der Waals surface area (Å²) < 4.78 is 25.1. The minimum Gasteiger partial charge on any atom is -0.453 e. The maximum atomic E-state index is 14.5. The van der Waals surface area contributed by atoms with E-state index in [9.17, 15) is 4.39 Å². The lowest BCUT2D eigenvalue weighted by Crippen LogP contribution is -2.08. The predicted molar refractivity (Wildman–Crippen MR) is 110 cm³/mol. The highest BCUT2D eigenvalue weighted by Gasteiger charge is 2.45. The van der Waals surface area contributed by atoms with Crippen LogP contribution in [-0.2, 0) is 5.41 Å². The number of aromatic nitrogens is 3. The Morgan fingerprint density at radius 2 is 1.63 bits per heavy atom. The van der Waals surface area contributed by atoms with Gasteiger partial charge in [-0.15, -0.1) is 0 Å². The summed E-state index contributed by atoms with van der Waals surface area (Å²) in [7, 11) is 0. The molecule has 2 aromatic heterocycles. The fraction of sp³-hybridized carbons (Fsp3) is 0.208. The van der Waals surface area contributed by atoms with Crippen LogP contribution in [0.25, 0.3) is 11.5 Å². The molecule has 2 heterocycles. The monoisotopic (exact) mass is 401 g/mol. The van der Waals surface area contributed by atoms with E-state index >= 15 is 0 Å². The number of hydrogen-bond acceptors (Lipinski definition) is 5. The van der Waals surface area contributed by atoms with Crippen LogP contribution < -0.4 is 4.74 Å². The van der Waals surface area contributed by atoms with Crippen molar-refractivity contribution in [2.75, 3.05) is 0 Å². The van der Waals surface area contributed by atoms with Crippen LogP contribution in [0.1, 0.15) is 35.4 Å². The minimum absolute atomic E-state index is 0.0476. The van der Waals surface area contributed by atoms with E-state index in [4.69, 9.17) is 9.26 Å². The van der Waals surface area contributed by atoms with E-state index in [0.29, 0.717) is 17.3 Å². The predicted octanol–water partition coefficient (Wildman–Crippen LogP) is 5.76. The number of benzene rings is 2. The maximum absolute atomic E-state index is 14.5. The number of halogens is 1. The van der Waals surface area contributed by atoms with Crippen molar-refractivity contribution in [1.82, 2.24) is 15.1 Å². The van der Waals surface area contributed by atoms with Crippen molar-refractivity contribution in [2.24, 2.45) is 0 Å². The first kappa shape index (κ1) is 18.5. The van der Waals surface area contributed by atoms with Gasteiger partial charge in [0.15, 0.2) is 11.6 Å². The standard InChI is InChI=1S/C24H20FN3O2/c1-15-3-5-17(6-4-15)24(11-12-24)18-7-9-19(10-8-18)29-22-14-26-21(13-20(22)25)23-27-16(2)30-28-23/h3-10,13-14H,11-12H2,1-2H3. The first-order chi connectivity index (χ1) is 14.5. The Bertz CT molecular complexity index is 1200. The number of pyridine rings is 1. The summed E-state index contributed by atoms with van der Waals surface area (Å²) in [5.41, 5.74) is 4.23. The van der Waals surface area contributed by atoms with E-state index in [1.165, 1.54) is 29.0 Å². The van der Waals surface area contributed by atoms with Crippen LogP contribution in [-0.4, -0.2) is 15.1 Å². The third kappa shape index (κ3) is 3.34. The molecule has 0 spiro atoms. The van der Waals surface area contributed by atoms with Crippen molar-refractivity contribution in [3.8, 4) is 23.0 Å². The van der Waals surface area contributed by atoms with Gasteiger partial charge in [0.25, 0.3) is 0 Å². The molecule has 5 rings (SSSR count). The van der Waals surface area contributed by atoms with Gasteiger partial charge in [0.1, 0.15) is 11.4 Å². The van der Waals surface area contributed by atoms with Crippen molar-refractivity contribution in [3.05, 3.63) is 89.2 Å². The summed E-state index contributed by atoms with van der Waals surface area (Å²) in [5.74, 6) is 0.707. The topological polar surface area (TPSA) is 61.0 Å². The van der Waals surface area contributed by atoms with Gasteiger partial charge in [-0.05, 0) is 43.0 Å². The SMILES string of the molecule is Cc1ccc(C2(c3ccc(Oc4cnc(-c5noc(C)n5)cc4F)cc3)CC2)cc1. The summed E-state index contributed by atoms with van der Waals surface area (Å²) in [6, 6.07) is 17.8. The number of nitrogens with zero attached hydrogens (tertiary/aromatic N) is 3. The van der Waals surface area contributed by atoms with Crippen molar-refractivity contribution in [3.63, 3.8) is 0 Å². The fourth-order valence-corrected chi connectivity index (χ4v) is 3.73. The van der Waals surface area contributed by atoms with Crippen LogP contribution in [0.4, 0.5) is 4.39 Å². The maximum Gasteiger partial charge on any atom is 0.223 e. The molecule has 0 amide bonds. The Hall–Kier alpha value is -3.54. The Balaban J connectivity index is 1.35. The van der Waals surface area contributed by atoms with Crippen LogP contribution in [0.3, 0.4) is 0 Å². The molecule has 1 saturated carbocycles. The zero-order valence-corrected chi connectivity index (χ0v) is 16.7. The molecule has 0 bridgehead atoms. The van der Waals surface area contributed by atoms with Gasteiger partial charge in [0.2, 0.25) is 11.7 Å².